The normalized spacial score (nSPS) is 16.5. The predicted molar refractivity (Wildman–Crippen MR) is 91.9 cm³/mol. The first kappa shape index (κ1) is 15.2. The molecule has 1 fully saturated rings. The van der Waals surface area contributed by atoms with E-state index in [0.717, 1.165) is 23.2 Å². The molecule has 0 N–H and O–H groups in total. The number of hydrogen-bond acceptors (Lipinski definition) is 5. The molecule has 5 nitrogen and oxygen atoms in total. The molecule has 0 bridgehead atoms. The second-order valence-corrected chi connectivity index (χ2v) is 5.79. The molecule has 5 heteroatoms. The van der Waals surface area contributed by atoms with Gasteiger partial charge in [-0.1, -0.05) is 42.5 Å². The van der Waals surface area contributed by atoms with Crippen LogP contribution in [0.1, 0.15) is 12.5 Å². The highest BCUT2D eigenvalue weighted by Gasteiger charge is 2.41. The fourth-order valence-electron chi connectivity index (χ4n) is 3.06. The first-order valence-electron chi connectivity index (χ1n) is 8.25. The summed E-state index contributed by atoms with van der Waals surface area (Å²) in [4.78, 5) is 6.65. The summed E-state index contributed by atoms with van der Waals surface area (Å²) >= 11 is 0. The second kappa shape index (κ2) is 6.26. The average molecular weight is 324 g/mol. The molecule has 0 saturated carbocycles. The molecule has 1 aliphatic rings. The molecule has 124 valence electrons. The van der Waals surface area contributed by atoms with Gasteiger partial charge in [0.2, 0.25) is 5.79 Å². The van der Waals surface area contributed by atoms with Crippen molar-refractivity contribution in [1.29, 1.82) is 0 Å². The number of nitrogens with zero attached hydrogens (tertiary/aromatic N) is 2. The smallest absolute Gasteiger partial charge is 0.298 e. The van der Waals surface area contributed by atoms with Gasteiger partial charge in [-0.15, -0.1) is 0 Å². The Balaban J connectivity index is 1.67. The third-order valence-electron chi connectivity index (χ3n) is 4.30. The number of anilines is 1. The summed E-state index contributed by atoms with van der Waals surface area (Å²) in [6.45, 7) is 4.51. The van der Waals surface area contributed by atoms with E-state index in [1.807, 2.05) is 54.6 Å². The first-order chi connectivity index (χ1) is 11.8. The van der Waals surface area contributed by atoms with Gasteiger partial charge in [0.25, 0.3) is 6.01 Å². The summed E-state index contributed by atoms with van der Waals surface area (Å²) in [5.41, 5.74) is 2.65. The van der Waals surface area contributed by atoms with Gasteiger partial charge in [0, 0.05) is 12.1 Å². The number of oxazole rings is 1. The predicted octanol–water partition coefficient (Wildman–Crippen LogP) is 3.55. The van der Waals surface area contributed by atoms with E-state index in [1.165, 1.54) is 0 Å². The van der Waals surface area contributed by atoms with Crippen LogP contribution in [-0.4, -0.2) is 31.3 Å². The highest BCUT2D eigenvalue weighted by atomic mass is 16.7. The van der Waals surface area contributed by atoms with Crippen molar-refractivity contribution in [1.82, 2.24) is 4.98 Å². The quantitative estimate of drug-likeness (QED) is 0.718. The number of benzene rings is 2. The Bertz CT molecular complexity index is 777. The summed E-state index contributed by atoms with van der Waals surface area (Å²) in [5.74, 6) is -0.780. The molecular formula is C19H20N2O3. The molecule has 0 amide bonds. The van der Waals surface area contributed by atoms with E-state index < -0.39 is 5.79 Å². The number of para-hydroxylation sites is 2. The molecule has 2 aromatic carbocycles. The Hall–Kier alpha value is -2.37. The van der Waals surface area contributed by atoms with E-state index in [9.17, 15) is 0 Å². The van der Waals surface area contributed by atoms with Crippen molar-refractivity contribution < 1.29 is 13.9 Å². The Morgan fingerprint density at radius 3 is 2.42 bits per heavy atom. The average Bonchev–Trinajstić information content (AvgIpc) is 3.28. The summed E-state index contributed by atoms with van der Waals surface area (Å²) in [5, 5.41) is 0. The highest BCUT2D eigenvalue weighted by molar-refractivity contribution is 5.74. The van der Waals surface area contributed by atoms with E-state index in [0.29, 0.717) is 25.8 Å². The lowest BCUT2D eigenvalue weighted by Crippen LogP contribution is -2.42. The molecule has 0 spiro atoms. The zero-order chi connectivity index (χ0) is 16.4. The van der Waals surface area contributed by atoms with Crippen molar-refractivity contribution in [3.8, 4) is 0 Å². The van der Waals surface area contributed by atoms with Crippen LogP contribution in [0.15, 0.2) is 59.0 Å². The molecule has 2 heterocycles. The van der Waals surface area contributed by atoms with Crippen molar-refractivity contribution in [2.75, 3.05) is 31.2 Å². The Morgan fingerprint density at radius 1 is 1.00 bits per heavy atom. The number of hydrogen-bond donors (Lipinski definition) is 0. The monoisotopic (exact) mass is 324 g/mol. The molecule has 0 aliphatic carbocycles. The Labute approximate surface area is 140 Å². The topological polar surface area (TPSA) is 47.7 Å². The number of rotatable bonds is 5. The fraction of sp³-hybridized carbons (Fsp3) is 0.316. The Morgan fingerprint density at radius 2 is 1.71 bits per heavy atom. The minimum atomic E-state index is -0.780. The molecule has 0 atom stereocenters. The summed E-state index contributed by atoms with van der Waals surface area (Å²) in [6.07, 6.45) is 0. The van der Waals surface area contributed by atoms with Gasteiger partial charge in [-0.05, 0) is 19.1 Å². The standard InChI is InChI=1S/C19H20N2O3/c1-2-21(18-20-16-10-6-7-11-17(16)24-18)14-19(22-12-13-23-19)15-8-4-3-5-9-15/h3-11H,2,12-14H2,1H3. The van der Waals surface area contributed by atoms with Gasteiger partial charge >= 0.3 is 0 Å². The summed E-state index contributed by atoms with van der Waals surface area (Å²) in [7, 11) is 0. The molecule has 1 aliphatic heterocycles. The highest BCUT2D eigenvalue weighted by Crippen LogP contribution is 2.34. The van der Waals surface area contributed by atoms with E-state index in [4.69, 9.17) is 13.9 Å². The zero-order valence-electron chi connectivity index (χ0n) is 13.6. The number of likely N-dealkylation sites (N-methyl/N-ethyl adjacent to an activating group) is 1. The van der Waals surface area contributed by atoms with Crippen molar-refractivity contribution in [2.45, 2.75) is 12.7 Å². The van der Waals surface area contributed by atoms with E-state index in [1.54, 1.807) is 0 Å². The second-order valence-electron chi connectivity index (χ2n) is 5.79. The van der Waals surface area contributed by atoms with Gasteiger partial charge in [0.1, 0.15) is 5.52 Å². The van der Waals surface area contributed by atoms with Crippen molar-refractivity contribution >= 4 is 17.1 Å². The molecule has 0 unspecified atom stereocenters. The van der Waals surface area contributed by atoms with Crippen LogP contribution in [0.2, 0.25) is 0 Å². The molecule has 3 aromatic rings. The van der Waals surface area contributed by atoms with Crippen molar-refractivity contribution in [2.24, 2.45) is 0 Å². The van der Waals surface area contributed by atoms with Crippen LogP contribution in [0.25, 0.3) is 11.1 Å². The van der Waals surface area contributed by atoms with Gasteiger partial charge in [0.05, 0.1) is 19.8 Å². The molecule has 24 heavy (non-hydrogen) atoms. The van der Waals surface area contributed by atoms with Crippen LogP contribution in [0, 0.1) is 0 Å². The maximum absolute atomic E-state index is 6.02. The van der Waals surface area contributed by atoms with Crippen LogP contribution in [0.5, 0.6) is 0 Å². The fourth-order valence-corrected chi connectivity index (χ4v) is 3.06. The summed E-state index contributed by atoms with van der Waals surface area (Å²) < 4.78 is 18.0. The molecule has 1 aromatic heterocycles. The van der Waals surface area contributed by atoms with E-state index in [2.05, 4.69) is 16.8 Å². The van der Waals surface area contributed by atoms with Gasteiger partial charge in [0.15, 0.2) is 5.58 Å². The van der Waals surface area contributed by atoms with Crippen LogP contribution >= 0.6 is 0 Å². The minimum Gasteiger partial charge on any atom is -0.423 e. The lowest BCUT2D eigenvalue weighted by molar-refractivity contribution is -0.158. The number of ether oxygens (including phenoxy) is 2. The van der Waals surface area contributed by atoms with Crippen molar-refractivity contribution in [3.63, 3.8) is 0 Å². The minimum absolute atomic E-state index is 0.528. The summed E-state index contributed by atoms with van der Waals surface area (Å²) in [6, 6.07) is 18.4. The van der Waals surface area contributed by atoms with Crippen molar-refractivity contribution in [3.05, 3.63) is 60.2 Å². The van der Waals surface area contributed by atoms with Gasteiger partial charge in [-0.25, -0.2) is 0 Å². The lowest BCUT2D eigenvalue weighted by atomic mass is 10.1. The number of fused-ring (bicyclic) bond motifs is 1. The molecule has 4 rings (SSSR count). The first-order valence-corrected chi connectivity index (χ1v) is 8.25. The molecule has 0 radical (unpaired) electrons. The lowest BCUT2D eigenvalue weighted by Gasteiger charge is -2.32. The van der Waals surface area contributed by atoms with Crippen LogP contribution in [-0.2, 0) is 15.3 Å². The molecular weight excluding hydrogens is 304 g/mol. The van der Waals surface area contributed by atoms with E-state index in [-0.39, 0.29) is 0 Å². The van der Waals surface area contributed by atoms with Gasteiger partial charge in [-0.2, -0.15) is 4.98 Å². The third-order valence-corrected chi connectivity index (χ3v) is 4.30. The molecule has 1 saturated heterocycles. The van der Waals surface area contributed by atoms with E-state index >= 15 is 0 Å². The van der Waals surface area contributed by atoms with Crippen LogP contribution in [0.3, 0.4) is 0 Å². The third kappa shape index (κ3) is 2.66. The zero-order valence-corrected chi connectivity index (χ0v) is 13.6. The largest absolute Gasteiger partial charge is 0.423 e. The Kier molecular flexibility index (Phi) is 3.96. The maximum atomic E-state index is 6.02. The maximum Gasteiger partial charge on any atom is 0.298 e. The van der Waals surface area contributed by atoms with Crippen LogP contribution < -0.4 is 4.90 Å². The number of aromatic nitrogens is 1. The van der Waals surface area contributed by atoms with Crippen LogP contribution in [0.4, 0.5) is 6.01 Å². The van der Waals surface area contributed by atoms with Gasteiger partial charge < -0.3 is 18.8 Å². The SMILES string of the molecule is CCN(CC1(c2ccccc2)OCCO1)c1nc2ccccc2o1. The van der Waals surface area contributed by atoms with Gasteiger partial charge in [-0.3, -0.25) is 0 Å².